The Bertz CT molecular complexity index is 696. The highest BCUT2D eigenvalue weighted by atomic mass is 16.4. The van der Waals surface area contributed by atoms with Gasteiger partial charge < -0.3 is 10.8 Å². The van der Waals surface area contributed by atoms with E-state index in [2.05, 4.69) is 10.3 Å². The molecule has 0 aromatic heterocycles. The van der Waals surface area contributed by atoms with E-state index >= 15 is 0 Å². The monoisotopic (exact) mass is 283 g/mol. The first-order chi connectivity index (χ1) is 10.1. The molecule has 6 nitrogen and oxygen atoms in total. The highest BCUT2D eigenvalue weighted by Crippen LogP contribution is 2.13. The summed E-state index contributed by atoms with van der Waals surface area (Å²) in [5, 5.41) is 11.3. The quantitative estimate of drug-likeness (QED) is 0.589. The second-order valence-corrected chi connectivity index (χ2v) is 4.17. The smallest absolute Gasteiger partial charge is 0.335 e. The number of nitrogens with one attached hydrogen (secondary N) is 1. The van der Waals surface area contributed by atoms with E-state index in [9.17, 15) is 9.59 Å². The molecule has 0 aliphatic rings. The van der Waals surface area contributed by atoms with Crippen LogP contribution >= 0.6 is 0 Å². The number of benzene rings is 2. The van der Waals surface area contributed by atoms with Gasteiger partial charge in [-0.15, -0.1) is 0 Å². The predicted octanol–water partition coefficient (Wildman–Crippen LogP) is 1.76. The fourth-order valence-electron chi connectivity index (χ4n) is 1.65. The number of carboxylic acid groups (broad SMARTS) is 1. The van der Waals surface area contributed by atoms with Gasteiger partial charge in [-0.05, 0) is 30.3 Å². The summed E-state index contributed by atoms with van der Waals surface area (Å²) in [5.41, 5.74) is 6.54. The van der Waals surface area contributed by atoms with Gasteiger partial charge >= 0.3 is 5.97 Å². The molecule has 4 N–H and O–H groups in total. The van der Waals surface area contributed by atoms with Crippen molar-refractivity contribution in [3.8, 4) is 0 Å². The lowest BCUT2D eigenvalue weighted by molar-refractivity contribution is 0.0696. The molecule has 0 aliphatic heterocycles. The summed E-state index contributed by atoms with van der Waals surface area (Å²) >= 11 is 0. The van der Waals surface area contributed by atoms with Gasteiger partial charge in [0.25, 0.3) is 5.91 Å². The van der Waals surface area contributed by atoms with Crippen LogP contribution in [0.15, 0.2) is 59.6 Å². The first kappa shape index (κ1) is 14.3. The average molecular weight is 283 g/mol. The highest BCUT2D eigenvalue weighted by molar-refractivity contribution is 6.05. The number of hydrogen-bond donors (Lipinski definition) is 3. The van der Waals surface area contributed by atoms with E-state index in [1.54, 1.807) is 42.5 Å². The number of guanidine groups is 1. The maximum Gasteiger partial charge on any atom is 0.335 e. The normalized spacial score (nSPS) is 11.0. The van der Waals surface area contributed by atoms with Gasteiger partial charge in [-0.1, -0.05) is 24.3 Å². The maximum atomic E-state index is 11.9. The summed E-state index contributed by atoms with van der Waals surface area (Å²) < 4.78 is 0. The number of hydrogen-bond acceptors (Lipinski definition) is 3. The molecule has 0 saturated heterocycles. The number of carbonyl (C=O) groups is 2. The molecule has 1 amide bonds. The molecular formula is C15H13N3O3. The van der Waals surface area contributed by atoms with Crippen LogP contribution in [-0.2, 0) is 0 Å². The van der Waals surface area contributed by atoms with Gasteiger partial charge in [-0.3, -0.25) is 10.1 Å². The van der Waals surface area contributed by atoms with Crippen LogP contribution in [0.5, 0.6) is 0 Å². The van der Waals surface area contributed by atoms with Crippen molar-refractivity contribution >= 4 is 23.5 Å². The van der Waals surface area contributed by atoms with E-state index < -0.39 is 5.97 Å². The molecule has 2 aromatic carbocycles. The number of amides is 1. The number of nitrogens with two attached hydrogens (primary N) is 1. The van der Waals surface area contributed by atoms with Gasteiger partial charge in [0, 0.05) is 5.56 Å². The molecule has 0 aliphatic carbocycles. The number of rotatable bonds is 3. The zero-order chi connectivity index (χ0) is 15.2. The van der Waals surface area contributed by atoms with Gasteiger partial charge in [0.1, 0.15) is 0 Å². The molecule has 21 heavy (non-hydrogen) atoms. The Morgan fingerprint density at radius 2 is 1.67 bits per heavy atom. The van der Waals surface area contributed by atoms with Gasteiger partial charge in [0.2, 0.25) is 5.96 Å². The van der Waals surface area contributed by atoms with E-state index in [0.29, 0.717) is 11.3 Å². The SMILES string of the molecule is NC(=Nc1cccc(C(=O)O)c1)NC(=O)c1ccccc1. The minimum atomic E-state index is -1.06. The van der Waals surface area contributed by atoms with Crippen molar-refractivity contribution in [3.05, 3.63) is 65.7 Å². The van der Waals surface area contributed by atoms with E-state index in [1.165, 1.54) is 12.1 Å². The minimum absolute atomic E-state index is 0.0958. The zero-order valence-electron chi connectivity index (χ0n) is 11.0. The third-order valence-corrected chi connectivity index (χ3v) is 2.62. The van der Waals surface area contributed by atoms with Crippen LogP contribution in [0.4, 0.5) is 5.69 Å². The Morgan fingerprint density at radius 1 is 1.00 bits per heavy atom. The molecule has 0 fully saturated rings. The first-order valence-electron chi connectivity index (χ1n) is 6.10. The third-order valence-electron chi connectivity index (χ3n) is 2.62. The number of carbonyl (C=O) groups excluding carboxylic acids is 1. The van der Waals surface area contributed by atoms with Gasteiger partial charge in [0.05, 0.1) is 11.3 Å². The maximum absolute atomic E-state index is 11.9. The van der Waals surface area contributed by atoms with Gasteiger partial charge in [0.15, 0.2) is 0 Å². The Labute approximate surface area is 120 Å². The molecule has 2 rings (SSSR count). The van der Waals surface area contributed by atoms with Gasteiger partial charge in [-0.2, -0.15) is 0 Å². The van der Waals surface area contributed by atoms with Crippen molar-refractivity contribution in [3.63, 3.8) is 0 Å². The van der Waals surface area contributed by atoms with E-state index in [4.69, 9.17) is 10.8 Å². The fraction of sp³-hybridized carbons (Fsp3) is 0. The Morgan fingerprint density at radius 3 is 2.33 bits per heavy atom. The molecule has 0 atom stereocenters. The van der Waals surface area contributed by atoms with E-state index in [1.807, 2.05) is 0 Å². The van der Waals surface area contributed by atoms with E-state index in [-0.39, 0.29) is 17.4 Å². The predicted molar refractivity (Wildman–Crippen MR) is 78.6 cm³/mol. The molecule has 2 aromatic rings. The minimum Gasteiger partial charge on any atom is -0.478 e. The van der Waals surface area contributed by atoms with Crippen LogP contribution in [0.1, 0.15) is 20.7 Å². The molecule has 0 unspecified atom stereocenters. The molecule has 0 radical (unpaired) electrons. The van der Waals surface area contributed by atoms with Crippen molar-refractivity contribution in [1.82, 2.24) is 5.32 Å². The lowest BCUT2D eigenvalue weighted by Crippen LogP contribution is -2.36. The van der Waals surface area contributed by atoms with Crippen LogP contribution in [-0.4, -0.2) is 22.9 Å². The summed E-state index contributed by atoms with van der Waals surface area (Å²) in [7, 11) is 0. The lowest BCUT2D eigenvalue weighted by atomic mass is 10.2. The van der Waals surface area contributed by atoms with Crippen LogP contribution < -0.4 is 11.1 Å². The van der Waals surface area contributed by atoms with Crippen molar-refractivity contribution < 1.29 is 14.7 Å². The number of nitrogens with zero attached hydrogens (tertiary/aromatic N) is 1. The molecule has 0 spiro atoms. The summed E-state index contributed by atoms with van der Waals surface area (Å²) in [6.07, 6.45) is 0. The summed E-state index contributed by atoms with van der Waals surface area (Å²) in [4.78, 5) is 26.7. The van der Waals surface area contributed by atoms with Crippen LogP contribution in [0, 0.1) is 0 Å². The van der Waals surface area contributed by atoms with Crippen molar-refractivity contribution in [2.24, 2.45) is 10.7 Å². The Kier molecular flexibility index (Phi) is 4.30. The fourth-order valence-corrected chi connectivity index (χ4v) is 1.65. The third kappa shape index (κ3) is 3.90. The highest BCUT2D eigenvalue weighted by Gasteiger charge is 2.07. The molecule has 0 saturated carbocycles. The summed E-state index contributed by atoms with van der Waals surface area (Å²) in [6.45, 7) is 0. The van der Waals surface area contributed by atoms with Crippen LogP contribution in [0.3, 0.4) is 0 Å². The number of aliphatic imine (C=N–C) groups is 1. The van der Waals surface area contributed by atoms with Crippen LogP contribution in [0.25, 0.3) is 0 Å². The standard InChI is InChI=1S/C15H13N3O3/c16-15(18-13(19)10-5-2-1-3-6-10)17-12-8-4-7-11(9-12)14(20)21/h1-9H,(H,20,21)(H3,16,17,18,19). The van der Waals surface area contributed by atoms with E-state index in [0.717, 1.165) is 0 Å². The zero-order valence-corrected chi connectivity index (χ0v) is 11.0. The second kappa shape index (κ2) is 6.33. The molecular weight excluding hydrogens is 270 g/mol. The molecule has 6 heteroatoms. The molecule has 0 bridgehead atoms. The molecule has 106 valence electrons. The number of aromatic carboxylic acids is 1. The van der Waals surface area contributed by atoms with Crippen molar-refractivity contribution in [2.45, 2.75) is 0 Å². The van der Waals surface area contributed by atoms with Crippen molar-refractivity contribution in [1.29, 1.82) is 0 Å². The first-order valence-corrected chi connectivity index (χ1v) is 6.10. The lowest BCUT2D eigenvalue weighted by Gasteiger charge is -2.04. The Hall–Kier alpha value is -3.15. The largest absolute Gasteiger partial charge is 0.478 e. The van der Waals surface area contributed by atoms with Crippen LogP contribution in [0.2, 0.25) is 0 Å². The van der Waals surface area contributed by atoms with Crippen molar-refractivity contribution in [2.75, 3.05) is 0 Å². The second-order valence-electron chi connectivity index (χ2n) is 4.17. The molecule has 0 heterocycles. The van der Waals surface area contributed by atoms with Gasteiger partial charge in [-0.25, -0.2) is 9.79 Å². The summed E-state index contributed by atoms with van der Waals surface area (Å²) in [6, 6.07) is 14.5. The Balaban J connectivity index is 2.13. The summed E-state index contributed by atoms with van der Waals surface area (Å²) in [5.74, 6) is -1.54. The average Bonchev–Trinajstić information content (AvgIpc) is 2.48. The number of carboxylic acids is 1. The topological polar surface area (TPSA) is 105 Å².